The lowest BCUT2D eigenvalue weighted by atomic mass is 10.1. The van der Waals surface area contributed by atoms with Gasteiger partial charge in [0.25, 0.3) is 0 Å². The fourth-order valence-corrected chi connectivity index (χ4v) is 4.43. The zero-order chi connectivity index (χ0) is 21.5. The molecule has 1 aliphatic carbocycles. The number of nitrogens with zero attached hydrogens (tertiary/aromatic N) is 1. The summed E-state index contributed by atoms with van der Waals surface area (Å²) < 4.78 is 0. The Hall–Kier alpha value is -2.33. The van der Waals surface area contributed by atoms with Gasteiger partial charge < -0.3 is 10.2 Å². The van der Waals surface area contributed by atoms with Crippen molar-refractivity contribution in [1.29, 1.82) is 0 Å². The molecule has 3 rings (SSSR count). The average molecular weight is 427 g/mol. The molecule has 1 aliphatic rings. The SMILES string of the molecule is CC[C@H](C(=O)NC1CCCC1)N(Cc1cccc(C)c1)C(=O)Cc1cccc(Cl)c1. The molecule has 0 aromatic heterocycles. The monoisotopic (exact) mass is 426 g/mol. The smallest absolute Gasteiger partial charge is 0.243 e. The van der Waals surface area contributed by atoms with Gasteiger partial charge in [-0.2, -0.15) is 0 Å². The lowest BCUT2D eigenvalue weighted by Gasteiger charge is -2.31. The van der Waals surface area contributed by atoms with Crippen molar-refractivity contribution < 1.29 is 9.59 Å². The van der Waals surface area contributed by atoms with Crippen LogP contribution in [0.2, 0.25) is 5.02 Å². The summed E-state index contributed by atoms with van der Waals surface area (Å²) in [6, 6.07) is 15.2. The Bertz CT molecular complexity index is 877. The summed E-state index contributed by atoms with van der Waals surface area (Å²) in [7, 11) is 0. The van der Waals surface area contributed by atoms with Gasteiger partial charge in [-0.15, -0.1) is 0 Å². The highest BCUT2D eigenvalue weighted by Crippen LogP contribution is 2.20. The van der Waals surface area contributed by atoms with E-state index < -0.39 is 6.04 Å². The molecule has 0 unspecified atom stereocenters. The third-order valence-corrected chi connectivity index (χ3v) is 6.00. The van der Waals surface area contributed by atoms with E-state index in [1.54, 1.807) is 11.0 Å². The number of hydrogen-bond acceptors (Lipinski definition) is 2. The van der Waals surface area contributed by atoms with E-state index in [0.29, 0.717) is 18.0 Å². The summed E-state index contributed by atoms with van der Waals surface area (Å²) in [6.07, 6.45) is 5.16. The molecular formula is C25H31ClN2O2. The fourth-order valence-electron chi connectivity index (χ4n) is 4.22. The molecule has 1 saturated carbocycles. The van der Waals surface area contributed by atoms with E-state index in [0.717, 1.165) is 42.4 Å². The highest BCUT2D eigenvalue weighted by Gasteiger charge is 2.30. The molecule has 2 aromatic rings. The molecule has 1 N–H and O–H groups in total. The molecule has 30 heavy (non-hydrogen) atoms. The van der Waals surface area contributed by atoms with Crippen LogP contribution in [0.1, 0.15) is 55.7 Å². The second-order valence-corrected chi connectivity index (χ2v) is 8.67. The third kappa shape index (κ3) is 6.09. The topological polar surface area (TPSA) is 49.4 Å². The number of benzene rings is 2. The molecule has 160 valence electrons. The van der Waals surface area contributed by atoms with Gasteiger partial charge in [-0.25, -0.2) is 0 Å². The molecule has 0 spiro atoms. The number of hydrogen-bond donors (Lipinski definition) is 1. The fraction of sp³-hybridized carbons (Fsp3) is 0.440. The first kappa shape index (κ1) is 22.4. The van der Waals surface area contributed by atoms with Crippen LogP contribution in [0.5, 0.6) is 0 Å². The van der Waals surface area contributed by atoms with Gasteiger partial charge in [0.15, 0.2) is 0 Å². The maximum absolute atomic E-state index is 13.4. The molecule has 0 saturated heterocycles. The zero-order valence-electron chi connectivity index (χ0n) is 17.9. The van der Waals surface area contributed by atoms with Crippen molar-refractivity contribution in [2.24, 2.45) is 0 Å². The summed E-state index contributed by atoms with van der Waals surface area (Å²) >= 11 is 6.10. The molecule has 0 heterocycles. The van der Waals surface area contributed by atoms with Gasteiger partial charge >= 0.3 is 0 Å². The largest absolute Gasteiger partial charge is 0.352 e. The van der Waals surface area contributed by atoms with Crippen LogP contribution in [-0.4, -0.2) is 28.8 Å². The number of carbonyl (C=O) groups excluding carboxylic acids is 2. The van der Waals surface area contributed by atoms with Crippen molar-refractivity contribution in [2.45, 2.75) is 71.0 Å². The molecule has 2 aromatic carbocycles. The molecule has 2 amide bonds. The van der Waals surface area contributed by atoms with Gasteiger partial charge in [-0.3, -0.25) is 9.59 Å². The molecular weight excluding hydrogens is 396 g/mol. The Morgan fingerprint density at radius 3 is 2.47 bits per heavy atom. The van der Waals surface area contributed by atoms with Crippen LogP contribution >= 0.6 is 11.6 Å². The van der Waals surface area contributed by atoms with E-state index >= 15 is 0 Å². The van der Waals surface area contributed by atoms with Crippen molar-refractivity contribution >= 4 is 23.4 Å². The zero-order valence-corrected chi connectivity index (χ0v) is 18.6. The van der Waals surface area contributed by atoms with Crippen LogP contribution < -0.4 is 5.32 Å². The Balaban J connectivity index is 1.82. The number of halogens is 1. The lowest BCUT2D eigenvalue weighted by molar-refractivity contribution is -0.141. The van der Waals surface area contributed by atoms with Gasteiger partial charge in [-0.1, -0.05) is 73.3 Å². The van der Waals surface area contributed by atoms with Gasteiger partial charge in [0.2, 0.25) is 11.8 Å². The molecule has 0 bridgehead atoms. The first-order chi connectivity index (χ1) is 14.5. The van der Waals surface area contributed by atoms with Crippen molar-refractivity contribution in [1.82, 2.24) is 10.2 Å². The van der Waals surface area contributed by atoms with Crippen LogP contribution in [0.3, 0.4) is 0 Å². The average Bonchev–Trinajstić information content (AvgIpc) is 3.21. The Kier molecular flexibility index (Phi) is 7.92. The number of nitrogens with one attached hydrogen (secondary N) is 1. The number of aryl methyl sites for hydroxylation is 1. The van der Waals surface area contributed by atoms with Crippen LogP contribution in [0.15, 0.2) is 48.5 Å². The van der Waals surface area contributed by atoms with E-state index in [-0.39, 0.29) is 24.3 Å². The number of rotatable bonds is 8. The molecule has 1 fully saturated rings. The van der Waals surface area contributed by atoms with E-state index in [2.05, 4.69) is 11.4 Å². The Labute approximate surface area is 184 Å². The Morgan fingerprint density at radius 2 is 1.80 bits per heavy atom. The minimum Gasteiger partial charge on any atom is -0.352 e. The molecule has 0 radical (unpaired) electrons. The van der Waals surface area contributed by atoms with Gasteiger partial charge in [0.05, 0.1) is 6.42 Å². The molecule has 0 aliphatic heterocycles. The van der Waals surface area contributed by atoms with Crippen molar-refractivity contribution in [3.05, 3.63) is 70.2 Å². The van der Waals surface area contributed by atoms with Crippen molar-refractivity contribution in [3.63, 3.8) is 0 Å². The standard InChI is InChI=1S/C25H31ClN2O2/c1-3-23(25(30)27-22-12-4-5-13-22)28(17-20-10-6-8-18(2)14-20)24(29)16-19-9-7-11-21(26)15-19/h6-11,14-15,22-23H,3-5,12-13,16-17H2,1-2H3,(H,27,30)/t23-/m1/s1. The third-order valence-electron chi connectivity index (χ3n) is 5.77. The first-order valence-electron chi connectivity index (χ1n) is 10.9. The molecule has 1 atom stereocenters. The van der Waals surface area contributed by atoms with Crippen LogP contribution in [-0.2, 0) is 22.6 Å². The molecule has 4 nitrogen and oxygen atoms in total. The van der Waals surface area contributed by atoms with E-state index in [1.165, 1.54) is 0 Å². The minimum atomic E-state index is -0.488. The van der Waals surface area contributed by atoms with Crippen LogP contribution in [0.4, 0.5) is 0 Å². The van der Waals surface area contributed by atoms with Gasteiger partial charge in [-0.05, 0) is 49.4 Å². The van der Waals surface area contributed by atoms with Crippen molar-refractivity contribution in [3.8, 4) is 0 Å². The predicted octanol–water partition coefficient (Wildman–Crippen LogP) is 5.06. The summed E-state index contributed by atoms with van der Waals surface area (Å²) in [5.41, 5.74) is 3.02. The summed E-state index contributed by atoms with van der Waals surface area (Å²) in [4.78, 5) is 28.2. The van der Waals surface area contributed by atoms with E-state index in [4.69, 9.17) is 11.6 Å². The molecule has 5 heteroatoms. The second-order valence-electron chi connectivity index (χ2n) is 8.23. The highest BCUT2D eigenvalue weighted by molar-refractivity contribution is 6.30. The summed E-state index contributed by atoms with van der Waals surface area (Å²) in [5, 5.41) is 3.79. The van der Waals surface area contributed by atoms with Crippen LogP contribution in [0.25, 0.3) is 0 Å². The normalized spacial score (nSPS) is 15.0. The predicted molar refractivity (Wildman–Crippen MR) is 121 cm³/mol. The van der Waals surface area contributed by atoms with Gasteiger partial charge in [0, 0.05) is 17.6 Å². The van der Waals surface area contributed by atoms with Crippen LogP contribution in [0, 0.1) is 6.92 Å². The van der Waals surface area contributed by atoms with E-state index in [9.17, 15) is 9.59 Å². The Morgan fingerprint density at radius 1 is 1.10 bits per heavy atom. The summed E-state index contributed by atoms with van der Waals surface area (Å²) in [5.74, 6) is -0.108. The number of amides is 2. The number of carbonyl (C=O) groups is 2. The maximum atomic E-state index is 13.4. The lowest BCUT2D eigenvalue weighted by Crippen LogP contribution is -2.51. The first-order valence-corrected chi connectivity index (χ1v) is 11.2. The van der Waals surface area contributed by atoms with Gasteiger partial charge in [0.1, 0.15) is 6.04 Å². The minimum absolute atomic E-state index is 0.0449. The van der Waals surface area contributed by atoms with Crippen molar-refractivity contribution in [2.75, 3.05) is 0 Å². The summed E-state index contributed by atoms with van der Waals surface area (Å²) in [6.45, 7) is 4.41. The quantitative estimate of drug-likeness (QED) is 0.641. The highest BCUT2D eigenvalue weighted by atomic mass is 35.5. The second kappa shape index (κ2) is 10.6. The maximum Gasteiger partial charge on any atom is 0.243 e. The van der Waals surface area contributed by atoms with E-state index in [1.807, 2.05) is 50.2 Å².